The molecule has 3 fully saturated rings. The maximum Gasteiger partial charge on any atom is 0.306 e. The van der Waals surface area contributed by atoms with Crippen molar-refractivity contribution in [1.29, 1.82) is 0 Å². The number of hydrogen-bond donors (Lipinski definition) is 0. The Morgan fingerprint density at radius 1 is 0.619 bits per heavy atom. The molecule has 2 heteroatoms. The van der Waals surface area contributed by atoms with E-state index in [4.69, 9.17) is 4.74 Å². The van der Waals surface area contributed by atoms with Crippen LogP contribution in [0.15, 0.2) is 60.3 Å². The molecule has 0 radical (unpaired) electrons. The van der Waals surface area contributed by atoms with E-state index in [0.717, 1.165) is 80.5 Å². The molecule has 8 atom stereocenters. The molecule has 0 aromatic heterocycles. The molecule has 0 spiro atoms. The van der Waals surface area contributed by atoms with E-state index in [1.165, 1.54) is 173 Å². The van der Waals surface area contributed by atoms with Gasteiger partial charge in [-0.2, -0.15) is 0 Å². The van der Waals surface area contributed by atoms with Gasteiger partial charge in [-0.15, -0.1) is 0 Å². The zero-order valence-corrected chi connectivity index (χ0v) is 42.8. The molecule has 0 amide bonds. The number of unbranched alkanes of at least 4 members (excludes halogenated alkanes) is 18. The molecular weight excluding hydrogens is 765 g/mol. The van der Waals surface area contributed by atoms with Gasteiger partial charge < -0.3 is 4.74 Å². The third-order valence-corrected chi connectivity index (χ3v) is 17.3. The molecule has 0 aromatic carbocycles. The van der Waals surface area contributed by atoms with Gasteiger partial charge in [-0.3, -0.25) is 4.79 Å². The van der Waals surface area contributed by atoms with Crippen LogP contribution in [0, 0.1) is 46.3 Å². The van der Waals surface area contributed by atoms with Crippen molar-refractivity contribution in [3.63, 3.8) is 0 Å². The van der Waals surface area contributed by atoms with Crippen molar-refractivity contribution >= 4 is 5.97 Å². The molecule has 360 valence electrons. The highest BCUT2D eigenvalue weighted by atomic mass is 16.5. The first kappa shape index (κ1) is 53.8. The lowest BCUT2D eigenvalue weighted by atomic mass is 9.47. The fraction of sp³-hybridized carbons (Fsp3) is 0.820. The van der Waals surface area contributed by atoms with Crippen LogP contribution in [-0.4, -0.2) is 12.1 Å². The van der Waals surface area contributed by atoms with E-state index in [9.17, 15) is 4.79 Å². The van der Waals surface area contributed by atoms with Crippen molar-refractivity contribution in [2.75, 3.05) is 0 Å². The van der Waals surface area contributed by atoms with E-state index in [-0.39, 0.29) is 12.1 Å². The van der Waals surface area contributed by atoms with Gasteiger partial charge in [0, 0.05) is 12.8 Å². The summed E-state index contributed by atoms with van der Waals surface area (Å²) in [6, 6.07) is 0. The van der Waals surface area contributed by atoms with Crippen molar-refractivity contribution in [3.05, 3.63) is 60.3 Å². The number of rotatable bonds is 34. The molecule has 4 aliphatic rings. The molecule has 0 saturated heterocycles. The van der Waals surface area contributed by atoms with Gasteiger partial charge in [-0.05, 0) is 136 Å². The van der Waals surface area contributed by atoms with Gasteiger partial charge in [-0.25, -0.2) is 0 Å². The summed E-state index contributed by atoms with van der Waals surface area (Å²) in [7, 11) is 0. The van der Waals surface area contributed by atoms with Crippen molar-refractivity contribution in [1.82, 2.24) is 0 Å². The van der Waals surface area contributed by atoms with Gasteiger partial charge in [0.05, 0.1) is 0 Å². The lowest BCUT2D eigenvalue weighted by Crippen LogP contribution is -2.51. The Balaban J connectivity index is 0.913. The smallest absolute Gasteiger partial charge is 0.306 e. The zero-order valence-electron chi connectivity index (χ0n) is 42.8. The van der Waals surface area contributed by atoms with Crippen molar-refractivity contribution in [2.24, 2.45) is 46.3 Å². The van der Waals surface area contributed by atoms with Gasteiger partial charge in [-0.1, -0.05) is 224 Å². The summed E-state index contributed by atoms with van der Waals surface area (Å²) in [5, 5.41) is 0. The summed E-state index contributed by atoms with van der Waals surface area (Å²) in [5.41, 5.74) is 2.52. The third kappa shape index (κ3) is 19.1. The van der Waals surface area contributed by atoms with E-state index < -0.39 is 0 Å². The van der Waals surface area contributed by atoms with Gasteiger partial charge in [0.1, 0.15) is 6.10 Å². The lowest BCUT2D eigenvalue weighted by Gasteiger charge is -2.58. The quantitative estimate of drug-likeness (QED) is 0.0366. The molecule has 0 N–H and O–H groups in total. The predicted molar refractivity (Wildman–Crippen MR) is 276 cm³/mol. The molecule has 0 aromatic rings. The maximum atomic E-state index is 12.9. The minimum atomic E-state index is 0.0648. The van der Waals surface area contributed by atoms with Gasteiger partial charge in [0.2, 0.25) is 0 Å². The minimum absolute atomic E-state index is 0.0648. The summed E-state index contributed by atoms with van der Waals surface area (Å²) in [6.45, 7) is 14.9. The lowest BCUT2D eigenvalue weighted by molar-refractivity contribution is -0.151. The summed E-state index contributed by atoms with van der Waals surface area (Å²) in [4.78, 5) is 12.9. The van der Waals surface area contributed by atoms with Crippen LogP contribution in [-0.2, 0) is 9.53 Å². The highest BCUT2D eigenvalue weighted by molar-refractivity contribution is 5.69. The Kier molecular flexibility index (Phi) is 26.6. The van der Waals surface area contributed by atoms with Crippen LogP contribution in [0.5, 0.6) is 0 Å². The highest BCUT2D eigenvalue weighted by Crippen LogP contribution is 2.67. The number of carbonyl (C=O) groups is 1. The van der Waals surface area contributed by atoms with Crippen LogP contribution in [0.25, 0.3) is 0 Å². The Hall–Kier alpha value is -1.83. The number of allylic oxidation sites excluding steroid dienone is 9. The number of hydrogen-bond acceptors (Lipinski definition) is 2. The Morgan fingerprint density at radius 3 is 1.73 bits per heavy atom. The Bertz CT molecular complexity index is 1360. The van der Waals surface area contributed by atoms with E-state index in [1.54, 1.807) is 5.57 Å². The zero-order chi connectivity index (χ0) is 45.0. The molecule has 0 aliphatic heterocycles. The van der Waals surface area contributed by atoms with Crippen LogP contribution in [0.3, 0.4) is 0 Å². The van der Waals surface area contributed by atoms with Gasteiger partial charge >= 0.3 is 5.97 Å². The van der Waals surface area contributed by atoms with Crippen LogP contribution in [0.4, 0.5) is 0 Å². The topological polar surface area (TPSA) is 26.3 Å². The molecule has 8 unspecified atom stereocenters. The van der Waals surface area contributed by atoms with Crippen LogP contribution >= 0.6 is 0 Å². The summed E-state index contributed by atoms with van der Waals surface area (Å²) in [5.74, 6) is 5.31. The number of esters is 1. The summed E-state index contributed by atoms with van der Waals surface area (Å²) in [6.07, 6.45) is 66.4. The first-order valence-electron chi connectivity index (χ1n) is 28.2. The van der Waals surface area contributed by atoms with Crippen LogP contribution in [0.2, 0.25) is 0 Å². The summed E-state index contributed by atoms with van der Waals surface area (Å²) < 4.78 is 6.18. The Morgan fingerprint density at radius 2 is 1.16 bits per heavy atom. The van der Waals surface area contributed by atoms with E-state index >= 15 is 0 Å². The maximum absolute atomic E-state index is 12.9. The van der Waals surface area contributed by atoms with Crippen molar-refractivity contribution in [2.45, 2.75) is 272 Å². The molecule has 3 saturated carbocycles. The number of ether oxygens (including phenoxy) is 1. The first-order chi connectivity index (χ1) is 30.7. The standard InChI is InChI=1S/C61H104O2/c1-7-8-9-10-11-12-13-14-15-16-17-18-19-20-21-22-23-24-25-26-27-28-29-30-31-32-33-34-35-36-37-41-59(62)63-54-46-48-60(5)53(50-54)42-43-55-57-45-44-56(52(4)40-38-39-51(2)3)61(57,6)49-47-58(55)60/h8-9,11-12,14-15,17-18,42,51-52,54-58H,7,10,13,16,19-41,43-50H2,1-6H3/b9-8-,12-11-,15-14-,18-17-. The molecule has 4 aliphatic carbocycles. The van der Waals surface area contributed by atoms with Crippen LogP contribution in [0.1, 0.15) is 266 Å². The van der Waals surface area contributed by atoms with Gasteiger partial charge in [0.15, 0.2) is 0 Å². The average Bonchev–Trinajstić information content (AvgIpc) is 3.63. The molecular formula is C61H104O2. The summed E-state index contributed by atoms with van der Waals surface area (Å²) >= 11 is 0. The largest absolute Gasteiger partial charge is 0.462 e. The third-order valence-electron chi connectivity index (χ3n) is 17.3. The van der Waals surface area contributed by atoms with E-state index in [0.29, 0.717) is 17.3 Å². The first-order valence-corrected chi connectivity index (χ1v) is 28.2. The molecule has 2 nitrogen and oxygen atoms in total. The second kappa shape index (κ2) is 31.2. The highest BCUT2D eigenvalue weighted by Gasteiger charge is 2.59. The normalized spacial score (nSPS) is 27.7. The molecule has 0 heterocycles. The van der Waals surface area contributed by atoms with Gasteiger partial charge in [0.25, 0.3) is 0 Å². The minimum Gasteiger partial charge on any atom is -0.462 e. The predicted octanol–water partition coefficient (Wildman–Crippen LogP) is 19.5. The van der Waals surface area contributed by atoms with E-state index in [2.05, 4.69) is 96.2 Å². The van der Waals surface area contributed by atoms with Crippen LogP contribution < -0.4 is 0 Å². The molecule has 0 bridgehead atoms. The van der Waals surface area contributed by atoms with Crippen molar-refractivity contribution in [3.8, 4) is 0 Å². The second-order valence-corrected chi connectivity index (χ2v) is 22.5. The van der Waals surface area contributed by atoms with Crippen molar-refractivity contribution < 1.29 is 9.53 Å². The Labute approximate surface area is 392 Å². The SMILES string of the molecule is CC/C=C\C/C=C\C/C=C\C/C=C\CCCCCCCCCCCCCCCCCCCCC(=O)OC1CCC2(C)C(=CCC3C2CCC2(C)C(C(C)CCCC(C)C)CCC32)C1. The second-order valence-electron chi connectivity index (χ2n) is 22.5. The number of fused-ring (bicyclic) bond motifs is 5. The fourth-order valence-electron chi connectivity index (χ4n) is 13.5. The monoisotopic (exact) mass is 869 g/mol. The molecule has 63 heavy (non-hydrogen) atoms. The fourth-order valence-corrected chi connectivity index (χ4v) is 13.5. The molecule has 4 rings (SSSR count). The average molecular weight is 870 g/mol. The number of carbonyl (C=O) groups excluding carboxylic acids is 1. The van der Waals surface area contributed by atoms with E-state index in [1.807, 2.05) is 0 Å².